The van der Waals surface area contributed by atoms with Crippen molar-refractivity contribution in [2.24, 2.45) is 0 Å². The minimum absolute atomic E-state index is 0.0449. The van der Waals surface area contributed by atoms with Gasteiger partial charge in [-0.15, -0.1) is 0 Å². The van der Waals surface area contributed by atoms with Gasteiger partial charge in [0.1, 0.15) is 12.4 Å². The Hall–Kier alpha value is -4.30. The van der Waals surface area contributed by atoms with Crippen LogP contribution in [0.2, 0.25) is 0 Å². The Morgan fingerprint density at radius 2 is 1.95 bits per heavy atom. The number of methoxy groups -OCH3 is 1. The van der Waals surface area contributed by atoms with Crippen LogP contribution in [0.25, 0.3) is 22.3 Å². The van der Waals surface area contributed by atoms with Crippen molar-refractivity contribution in [1.82, 2.24) is 9.55 Å². The number of benzene rings is 2. The number of carbonyl (C=O) groups is 2. The monoisotopic (exact) mass is 510 g/mol. The normalized spacial score (nSPS) is 17.5. The molecule has 0 fully saturated rings. The van der Waals surface area contributed by atoms with Crippen molar-refractivity contribution in [3.05, 3.63) is 92.8 Å². The molecule has 2 aliphatic rings. The highest BCUT2D eigenvalue weighted by molar-refractivity contribution is 5.97. The summed E-state index contributed by atoms with van der Waals surface area (Å²) < 4.78 is 12.4. The number of aromatic nitrogens is 2. The summed E-state index contributed by atoms with van der Waals surface area (Å²) in [5.74, 6) is -0.0289. The number of nitrogens with zero attached hydrogens (tertiary/aromatic N) is 2. The number of esters is 1. The molecule has 0 radical (unpaired) electrons. The average Bonchev–Trinajstić information content (AvgIpc) is 3.31. The lowest BCUT2D eigenvalue weighted by atomic mass is 9.86. The van der Waals surface area contributed by atoms with Crippen molar-refractivity contribution < 1.29 is 24.2 Å². The zero-order chi connectivity index (χ0) is 26.6. The topological polar surface area (TPSA) is 108 Å². The van der Waals surface area contributed by atoms with Crippen LogP contribution in [0, 0.1) is 0 Å². The molecule has 6 rings (SSSR count). The van der Waals surface area contributed by atoms with E-state index >= 15 is 0 Å². The largest absolute Gasteiger partial charge is 0.496 e. The van der Waals surface area contributed by atoms with Crippen molar-refractivity contribution >= 4 is 22.7 Å². The molecule has 1 atom stereocenters. The third kappa shape index (κ3) is 3.55. The Labute approximate surface area is 218 Å². The molecule has 2 aliphatic heterocycles. The van der Waals surface area contributed by atoms with Gasteiger partial charge >= 0.3 is 5.97 Å². The smallest absolute Gasteiger partial charge is 0.343 e. The lowest BCUT2D eigenvalue weighted by Crippen LogP contribution is -2.44. The van der Waals surface area contributed by atoms with Gasteiger partial charge in [0.15, 0.2) is 11.4 Å². The summed E-state index contributed by atoms with van der Waals surface area (Å²) in [6.45, 7) is 1.81. The van der Waals surface area contributed by atoms with E-state index in [-0.39, 0.29) is 35.5 Å². The maximum Gasteiger partial charge on any atom is 0.343 e. The predicted octanol–water partition coefficient (Wildman–Crippen LogP) is 3.90. The number of hydrogen-bond donors (Lipinski definition) is 1. The van der Waals surface area contributed by atoms with Crippen LogP contribution in [0.1, 0.15) is 52.4 Å². The quantitative estimate of drug-likeness (QED) is 0.273. The highest BCUT2D eigenvalue weighted by Crippen LogP contribution is 2.40. The fraction of sp³-hybridized carbons (Fsp3) is 0.267. The molecule has 2 aromatic carbocycles. The molecule has 2 aromatic heterocycles. The molecule has 0 spiro atoms. The summed E-state index contributed by atoms with van der Waals surface area (Å²) in [4.78, 5) is 43.5. The number of fused-ring (bicyclic) bond motifs is 5. The van der Waals surface area contributed by atoms with Crippen LogP contribution in [-0.2, 0) is 34.7 Å². The van der Waals surface area contributed by atoms with Gasteiger partial charge in [0.2, 0.25) is 0 Å². The third-order valence-corrected chi connectivity index (χ3v) is 7.68. The molecule has 0 bridgehead atoms. The second-order valence-corrected chi connectivity index (χ2v) is 9.70. The molecule has 0 aliphatic carbocycles. The van der Waals surface area contributed by atoms with Gasteiger partial charge in [0.05, 0.1) is 36.1 Å². The van der Waals surface area contributed by atoms with Gasteiger partial charge in [-0.3, -0.25) is 9.59 Å². The van der Waals surface area contributed by atoms with E-state index in [0.29, 0.717) is 47.6 Å². The zero-order valence-corrected chi connectivity index (χ0v) is 21.1. The standard InChI is InChI=1S/C30H26N2O6/c1-3-30(36)22-14-24-27-18(15-32(24)28(34)21(22)16-38-29(30)35)13-20-19(26(37-2)12-10-23(20)31-27)9-11-25(33)17-7-5-4-6-8-17/h4-8,10,12-14,36H,3,9,11,15-16H2,1-2H3/t30-/m0/s1. The van der Waals surface area contributed by atoms with Gasteiger partial charge in [0, 0.05) is 34.1 Å². The van der Waals surface area contributed by atoms with E-state index < -0.39 is 11.6 Å². The molecule has 4 aromatic rings. The maximum absolute atomic E-state index is 13.4. The third-order valence-electron chi connectivity index (χ3n) is 7.68. The second kappa shape index (κ2) is 8.92. The lowest BCUT2D eigenvalue weighted by Gasteiger charge is -2.31. The maximum atomic E-state index is 13.4. The number of ketones is 1. The average molecular weight is 511 g/mol. The number of hydrogen-bond acceptors (Lipinski definition) is 7. The second-order valence-electron chi connectivity index (χ2n) is 9.70. The van der Waals surface area contributed by atoms with Crippen LogP contribution in [0.4, 0.5) is 0 Å². The Balaban J connectivity index is 1.44. The van der Waals surface area contributed by atoms with Crippen molar-refractivity contribution in [2.75, 3.05) is 7.11 Å². The van der Waals surface area contributed by atoms with E-state index in [2.05, 4.69) is 0 Å². The molecule has 1 N–H and O–H groups in total. The van der Waals surface area contributed by atoms with E-state index in [1.54, 1.807) is 24.7 Å². The van der Waals surface area contributed by atoms with Crippen LogP contribution in [0.3, 0.4) is 0 Å². The lowest BCUT2D eigenvalue weighted by molar-refractivity contribution is -0.172. The summed E-state index contributed by atoms with van der Waals surface area (Å²) in [5, 5.41) is 11.9. The summed E-state index contributed by atoms with van der Waals surface area (Å²) in [5.41, 5.74) is 2.69. The van der Waals surface area contributed by atoms with Gasteiger partial charge in [-0.2, -0.15) is 0 Å². The predicted molar refractivity (Wildman–Crippen MR) is 140 cm³/mol. The first-order valence-corrected chi connectivity index (χ1v) is 12.6. The van der Waals surface area contributed by atoms with Gasteiger partial charge in [-0.25, -0.2) is 9.78 Å². The van der Waals surface area contributed by atoms with Crippen molar-refractivity contribution in [3.8, 4) is 17.1 Å². The minimum atomic E-state index is -1.87. The number of pyridine rings is 2. The summed E-state index contributed by atoms with van der Waals surface area (Å²) >= 11 is 0. The highest BCUT2D eigenvalue weighted by Gasteiger charge is 2.45. The molecule has 0 unspecified atom stereocenters. The Morgan fingerprint density at radius 1 is 1.16 bits per heavy atom. The van der Waals surface area contributed by atoms with Gasteiger partial charge in [-0.1, -0.05) is 37.3 Å². The Bertz CT molecular complexity index is 1690. The molecule has 192 valence electrons. The number of carbonyl (C=O) groups excluding carboxylic acids is 2. The molecule has 0 saturated carbocycles. The fourth-order valence-electron chi connectivity index (χ4n) is 5.55. The number of cyclic esters (lactones) is 1. The fourth-order valence-corrected chi connectivity index (χ4v) is 5.55. The molecule has 0 amide bonds. The van der Waals surface area contributed by atoms with Crippen LogP contribution in [0.15, 0.2) is 59.4 Å². The van der Waals surface area contributed by atoms with Gasteiger partial charge in [0.25, 0.3) is 5.56 Å². The van der Waals surface area contributed by atoms with E-state index in [1.165, 1.54) is 0 Å². The van der Waals surface area contributed by atoms with E-state index in [0.717, 1.165) is 16.5 Å². The van der Waals surface area contributed by atoms with E-state index in [4.69, 9.17) is 14.5 Å². The summed E-state index contributed by atoms with van der Waals surface area (Å²) in [6, 6.07) is 16.6. The first-order valence-electron chi connectivity index (χ1n) is 12.6. The molecule has 8 heteroatoms. The van der Waals surface area contributed by atoms with E-state index in [1.807, 2.05) is 48.5 Å². The van der Waals surface area contributed by atoms with Crippen LogP contribution >= 0.6 is 0 Å². The first-order chi connectivity index (χ1) is 18.4. The van der Waals surface area contributed by atoms with Crippen molar-refractivity contribution in [2.45, 2.75) is 44.9 Å². The molecular weight excluding hydrogens is 484 g/mol. The summed E-state index contributed by atoms with van der Waals surface area (Å²) in [6.07, 6.45) is 0.871. The van der Waals surface area contributed by atoms with Gasteiger partial charge < -0.3 is 19.1 Å². The van der Waals surface area contributed by atoms with Crippen LogP contribution in [0.5, 0.6) is 5.75 Å². The SMILES string of the molecule is CC[C@@]1(O)C(=O)OCc2c1cc1n(c2=O)Cc2cc3c(CCC(=O)c4ccccc4)c(OC)ccc3nc2-1. The Kier molecular flexibility index (Phi) is 5.65. The number of ether oxygens (including phenoxy) is 2. The minimum Gasteiger partial charge on any atom is -0.496 e. The van der Waals surface area contributed by atoms with Crippen LogP contribution in [-0.4, -0.2) is 33.5 Å². The number of aryl methyl sites for hydroxylation is 1. The molecular formula is C30H26N2O6. The number of Topliss-reactive ketones (excluding diaryl/α,β-unsaturated/α-hetero) is 1. The van der Waals surface area contributed by atoms with E-state index in [9.17, 15) is 19.5 Å². The number of aliphatic hydroxyl groups is 1. The number of rotatable bonds is 6. The molecule has 0 saturated heterocycles. The van der Waals surface area contributed by atoms with Crippen LogP contribution < -0.4 is 10.3 Å². The molecule has 38 heavy (non-hydrogen) atoms. The van der Waals surface area contributed by atoms with Gasteiger partial charge in [-0.05, 0) is 37.1 Å². The summed E-state index contributed by atoms with van der Waals surface area (Å²) in [7, 11) is 1.60. The zero-order valence-electron chi connectivity index (χ0n) is 21.1. The van der Waals surface area contributed by atoms with Crippen molar-refractivity contribution in [3.63, 3.8) is 0 Å². The highest BCUT2D eigenvalue weighted by atomic mass is 16.6. The molecule has 8 nitrogen and oxygen atoms in total. The Morgan fingerprint density at radius 3 is 2.68 bits per heavy atom. The first kappa shape index (κ1) is 24.1. The van der Waals surface area contributed by atoms with Crippen molar-refractivity contribution in [1.29, 1.82) is 0 Å². The molecule has 4 heterocycles.